The Morgan fingerprint density at radius 3 is 2.67 bits per heavy atom. The van der Waals surface area contributed by atoms with E-state index in [2.05, 4.69) is 15.1 Å². The Hall–Kier alpha value is -4.59. The van der Waals surface area contributed by atoms with Crippen molar-refractivity contribution in [1.82, 2.24) is 19.7 Å². The zero-order chi connectivity index (χ0) is 25.9. The highest BCUT2D eigenvalue weighted by Crippen LogP contribution is 2.33. The maximum Gasteiger partial charge on any atom is 0.416 e. The first-order chi connectivity index (χ1) is 17.1. The molecular weight excluding hydrogens is 475 g/mol. The topological polar surface area (TPSA) is 106 Å². The number of aromatic nitrogens is 4. The van der Waals surface area contributed by atoms with E-state index in [0.29, 0.717) is 23.2 Å². The predicted octanol–water partition coefficient (Wildman–Crippen LogP) is 4.66. The number of H-pyrrole nitrogens is 1. The molecule has 0 amide bonds. The molecule has 0 fully saturated rings. The number of aryl methyl sites for hydroxylation is 1. The van der Waals surface area contributed by atoms with Gasteiger partial charge in [-0.3, -0.25) is 4.68 Å². The van der Waals surface area contributed by atoms with Crippen molar-refractivity contribution in [2.45, 2.75) is 26.1 Å². The summed E-state index contributed by atoms with van der Waals surface area (Å²) >= 11 is 0. The Bertz CT molecular complexity index is 1500. The molecule has 0 aliphatic carbocycles. The second kappa shape index (κ2) is 9.95. The summed E-state index contributed by atoms with van der Waals surface area (Å²) in [6, 6.07) is 11.0. The summed E-state index contributed by atoms with van der Waals surface area (Å²) in [5.41, 5.74) is 1.48. The van der Waals surface area contributed by atoms with Gasteiger partial charge < -0.3 is 14.5 Å². The molecule has 4 aromatic rings. The van der Waals surface area contributed by atoms with Crippen LogP contribution in [0.4, 0.5) is 13.2 Å². The third-order valence-electron chi connectivity index (χ3n) is 5.30. The van der Waals surface area contributed by atoms with Gasteiger partial charge in [-0.1, -0.05) is 12.1 Å². The van der Waals surface area contributed by atoms with Crippen LogP contribution in [0.25, 0.3) is 0 Å². The fourth-order valence-corrected chi connectivity index (χ4v) is 3.50. The van der Waals surface area contributed by atoms with Gasteiger partial charge in [0.1, 0.15) is 24.2 Å². The SMILES string of the molecule is Cc1c(OCc2ccc(Oc3cccc(C(F)(F)F)c3)c(C#N)c2)nc(=O)[nH]c1Cc1cnn(C)c1. The van der Waals surface area contributed by atoms with Crippen LogP contribution >= 0.6 is 0 Å². The van der Waals surface area contributed by atoms with Crippen LogP contribution < -0.4 is 15.2 Å². The minimum atomic E-state index is -4.51. The molecule has 11 heteroatoms. The molecule has 0 unspecified atom stereocenters. The predicted molar refractivity (Wildman–Crippen MR) is 123 cm³/mol. The van der Waals surface area contributed by atoms with Gasteiger partial charge in [-0.05, 0) is 48.4 Å². The standard InChI is InChI=1S/C25H20F3N5O3/c1-15-21(9-17-12-30-33(2)13-17)31-24(34)32-23(15)35-14-16-6-7-22(18(8-16)11-29)36-20-5-3-4-19(10-20)25(26,27)28/h3-8,10,12-13H,9,14H2,1-2H3,(H,31,32,34). The number of nitrogens with one attached hydrogen (secondary N) is 1. The first-order valence-corrected chi connectivity index (χ1v) is 10.7. The average molecular weight is 495 g/mol. The van der Waals surface area contributed by atoms with E-state index in [9.17, 15) is 23.2 Å². The summed E-state index contributed by atoms with van der Waals surface area (Å²) in [6.45, 7) is 1.78. The van der Waals surface area contributed by atoms with Crippen molar-refractivity contribution >= 4 is 0 Å². The van der Waals surface area contributed by atoms with Crippen LogP contribution in [-0.2, 0) is 26.3 Å². The van der Waals surface area contributed by atoms with E-state index in [1.165, 1.54) is 24.3 Å². The maximum atomic E-state index is 13.0. The molecule has 0 aliphatic heterocycles. The smallest absolute Gasteiger partial charge is 0.416 e. The fraction of sp³-hybridized carbons (Fsp3) is 0.200. The Labute approximate surface area is 203 Å². The van der Waals surface area contributed by atoms with Gasteiger partial charge in [0.15, 0.2) is 0 Å². The van der Waals surface area contributed by atoms with Crippen molar-refractivity contribution in [1.29, 1.82) is 5.26 Å². The molecule has 0 saturated heterocycles. The number of nitriles is 1. The van der Waals surface area contributed by atoms with Gasteiger partial charge in [0.05, 0.1) is 17.3 Å². The fourth-order valence-electron chi connectivity index (χ4n) is 3.50. The highest BCUT2D eigenvalue weighted by Gasteiger charge is 2.30. The number of rotatable bonds is 7. The molecule has 184 valence electrons. The molecule has 0 saturated carbocycles. The molecule has 1 N–H and O–H groups in total. The Balaban J connectivity index is 1.50. The summed E-state index contributed by atoms with van der Waals surface area (Å²) in [5, 5.41) is 13.7. The second-order valence-electron chi connectivity index (χ2n) is 8.01. The minimum Gasteiger partial charge on any atom is -0.472 e. The molecule has 36 heavy (non-hydrogen) atoms. The Morgan fingerprint density at radius 1 is 1.17 bits per heavy atom. The molecule has 2 aromatic heterocycles. The molecule has 8 nitrogen and oxygen atoms in total. The van der Waals surface area contributed by atoms with Gasteiger partial charge >= 0.3 is 11.9 Å². The first-order valence-electron chi connectivity index (χ1n) is 10.7. The number of halogens is 3. The van der Waals surface area contributed by atoms with Crippen molar-refractivity contribution in [2.24, 2.45) is 7.05 Å². The lowest BCUT2D eigenvalue weighted by Gasteiger charge is -2.13. The second-order valence-corrected chi connectivity index (χ2v) is 8.01. The number of ether oxygens (including phenoxy) is 2. The number of aromatic amines is 1. The van der Waals surface area contributed by atoms with Gasteiger partial charge in [0.2, 0.25) is 5.88 Å². The van der Waals surface area contributed by atoms with Gasteiger partial charge in [-0.15, -0.1) is 0 Å². The van der Waals surface area contributed by atoms with E-state index in [1.54, 1.807) is 30.9 Å². The quantitative estimate of drug-likeness (QED) is 0.400. The van der Waals surface area contributed by atoms with E-state index in [-0.39, 0.29) is 29.5 Å². The molecule has 0 spiro atoms. The number of benzene rings is 2. The molecule has 2 heterocycles. The molecule has 0 bridgehead atoms. The van der Waals surface area contributed by atoms with Crippen LogP contribution in [0.3, 0.4) is 0 Å². The van der Waals surface area contributed by atoms with Crippen LogP contribution in [0.5, 0.6) is 17.4 Å². The number of hydrogen-bond donors (Lipinski definition) is 1. The summed E-state index contributed by atoms with van der Waals surface area (Å²) in [7, 11) is 1.80. The normalized spacial score (nSPS) is 11.2. The van der Waals surface area contributed by atoms with E-state index in [1.807, 2.05) is 12.3 Å². The monoisotopic (exact) mass is 495 g/mol. The molecule has 0 radical (unpaired) electrons. The minimum absolute atomic E-state index is 0.00213. The van der Waals surface area contributed by atoms with Crippen LogP contribution in [-0.4, -0.2) is 19.7 Å². The van der Waals surface area contributed by atoms with Crippen LogP contribution in [0.15, 0.2) is 59.7 Å². The van der Waals surface area contributed by atoms with Crippen molar-refractivity contribution < 1.29 is 22.6 Å². The number of alkyl halides is 3. The lowest BCUT2D eigenvalue weighted by Crippen LogP contribution is -2.17. The van der Waals surface area contributed by atoms with Crippen molar-refractivity contribution in [2.75, 3.05) is 0 Å². The lowest BCUT2D eigenvalue weighted by atomic mass is 10.1. The van der Waals surface area contributed by atoms with Gasteiger partial charge in [-0.25, -0.2) is 4.79 Å². The highest BCUT2D eigenvalue weighted by atomic mass is 19.4. The van der Waals surface area contributed by atoms with E-state index >= 15 is 0 Å². The lowest BCUT2D eigenvalue weighted by molar-refractivity contribution is -0.137. The maximum absolute atomic E-state index is 13.0. The van der Waals surface area contributed by atoms with E-state index in [4.69, 9.17) is 9.47 Å². The summed E-state index contributed by atoms with van der Waals surface area (Å²) in [6.07, 6.45) is -0.536. The van der Waals surface area contributed by atoms with E-state index in [0.717, 1.165) is 17.7 Å². The zero-order valence-electron chi connectivity index (χ0n) is 19.3. The Kier molecular flexibility index (Phi) is 6.78. The molecule has 2 aromatic carbocycles. The van der Waals surface area contributed by atoms with Gasteiger partial charge in [0, 0.05) is 30.9 Å². The zero-order valence-corrected chi connectivity index (χ0v) is 19.3. The first kappa shape index (κ1) is 24.5. The summed E-state index contributed by atoms with van der Waals surface area (Å²) in [4.78, 5) is 18.7. The third-order valence-corrected chi connectivity index (χ3v) is 5.30. The highest BCUT2D eigenvalue weighted by molar-refractivity contribution is 5.48. The van der Waals surface area contributed by atoms with Crippen molar-refractivity contribution in [3.05, 3.63) is 98.9 Å². The largest absolute Gasteiger partial charge is 0.472 e. The van der Waals surface area contributed by atoms with Crippen molar-refractivity contribution in [3.8, 4) is 23.4 Å². The molecular formula is C25H20F3N5O3. The average Bonchev–Trinajstić information content (AvgIpc) is 3.25. The molecule has 0 aliphatic rings. The van der Waals surface area contributed by atoms with E-state index < -0.39 is 17.4 Å². The van der Waals surface area contributed by atoms with Crippen molar-refractivity contribution in [3.63, 3.8) is 0 Å². The summed E-state index contributed by atoms with van der Waals surface area (Å²) < 4.78 is 51.9. The summed E-state index contributed by atoms with van der Waals surface area (Å²) in [5.74, 6) is 0.208. The molecule has 0 atom stereocenters. The van der Waals surface area contributed by atoms with Crippen LogP contribution in [0.2, 0.25) is 0 Å². The van der Waals surface area contributed by atoms with Crippen LogP contribution in [0.1, 0.15) is 33.5 Å². The third kappa shape index (κ3) is 5.72. The van der Waals surface area contributed by atoms with Gasteiger partial charge in [-0.2, -0.15) is 28.5 Å². The van der Waals surface area contributed by atoms with Crippen LogP contribution in [0, 0.1) is 18.3 Å². The number of nitrogens with zero attached hydrogens (tertiary/aromatic N) is 4. The number of hydrogen-bond acceptors (Lipinski definition) is 6. The van der Waals surface area contributed by atoms with Gasteiger partial charge in [0.25, 0.3) is 0 Å². The molecule has 4 rings (SSSR count). The Morgan fingerprint density at radius 2 is 1.97 bits per heavy atom.